The third kappa shape index (κ3) is 2.08. The number of thiophene rings is 1. The van der Waals surface area contributed by atoms with Crippen LogP contribution in [0.2, 0.25) is 0 Å². The number of nitrogens with one attached hydrogen (secondary N) is 1. The van der Waals surface area contributed by atoms with E-state index in [0.29, 0.717) is 0 Å². The number of fused-ring (bicyclic) bond motifs is 1. The molecule has 98 valence electrons. The topological polar surface area (TPSA) is 47.0 Å². The van der Waals surface area contributed by atoms with E-state index in [1.165, 1.54) is 4.88 Å². The Morgan fingerprint density at radius 1 is 1.44 bits per heavy atom. The van der Waals surface area contributed by atoms with Crippen molar-refractivity contribution in [2.75, 3.05) is 19.5 Å². The summed E-state index contributed by atoms with van der Waals surface area (Å²) in [6, 6.07) is 2.12. The first-order valence-corrected chi connectivity index (χ1v) is 6.87. The first-order chi connectivity index (χ1) is 8.54. The van der Waals surface area contributed by atoms with Gasteiger partial charge in [-0.1, -0.05) is 6.92 Å². The largest absolute Gasteiger partial charge is 0.372 e. The van der Waals surface area contributed by atoms with Crippen LogP contribution < -0.4 is 5.32 Å². The molecule has 0 radical (unpaired) electrons. The maximum absolute atomic E-state index is 5.58. The van der Waals surface area contributed by atoms with E-state index in [4.69, 9.17) is 4.74 Å². The molecule has 0 saturated heterocycles. The van der Waals surface area contributed by atoms with Gasteiger partial charge in [-0.15, -0.1) is 11.3 Å². The second-order valence-corrected chi connectivity index (χ2v) is 5.75. The van der Waals surface area contributed by atoms with Crippen LogP contribution in [0.15, 0.2) is 6.07 Å². The molecular weight excluding hydrogens is 246 g/mol. The van der Waals surface area contributed by atoms with E-state index in [-0.39, 0.29) is 0 Å². The summed E-state index contributed by atoms with van der Waals surface area (Å²) in [6.45, 7) is 6.19. The number of hydrogen-bond acceptors (Lipinski definition) is 5. The van der Waals surface area contributed by atoms with Crippen molar-refractivity contribution >= 4 is 27.4 Å². The summed E-state index contributed by atoms with van der Waals surface area (Å²) in [5.74, 6) is 1.61. The van der Waals surface area contributed by atoms with Gasteiger partial charge in [0.15, 0.2) is 5.82 Å². The van der Waals surface area contributed by atoms with E-state index in [2.05, 4.69) is 35.2 Å². The summed E-state index contributed by atoms with van der Waals surface area (Å²) in [7, 11) is 3.59. The van der Waals surface area contributed by atoms with Crippen molar-refractivity contribution in [1.29, 1.82) is 0 Å². The van der Waals surface area contributed by atoms with Crippen LogP contribution in [0.5, 0.6) is 0 Å². The number of anilines is 1. The standard InChI is InChI=1S/C13H19N3OS/c1-6-13(3,17-5)12-15-10(14-4)9-7-8(2)18-11(9)16-12/h7H,6H2,1-5H3,(H,14,15,16). The average molecular weight is 265 g/mol. The van der Waals surface area contributed by atoms with E-state index < -0.39 is 5.60 Å². The van der Waals surface area contributed by atoms with Crippen molar-refractivity contribution in [2.45, 2.75) is 32.8 Å². The molecule has 0 aliphatic heterocycles. The molecule has 2 heterocycles. The number of rotatable bonds is 4. The Bertz CT molecular complexity index is 561. The van der Waals surface area contributed by atoms with Gasteiger partial charge in [-0.2, -0.15) is 0 Å². The molecule has 18 heavy (non-hydrogen) atoms. The molecule has 0 amide bonds. The fourth-order valence-corrected chi connectivity index (χ4v) is 2.74. The van der Waals surface area contributed by atoms with Gasteiger partial charge in [0.25, 0.3) is 0 Å². The number of nitrogens with zero attached hydrogens (tertiary/aromatic N) is 2. The van der Waals surface area contributed by atoms with Crippen molar-refractivity contribution in [3.8, 4) is 0 Å². The summed E-state index contributed by atoms with van der Waals surface area (Å²) >= 11 is 1.69. The Labute approximate surface area is 111 Å². The van der Waals surface area contributed by atoms with Crippen LogP contribution in [0.4, 0.5) is 5.82 Å². The van der Waals surface area contributed by atoms with E-state index in [9.17, 15) is 0 Å². The van der Waals surface area contributed by atoms with Crippen molar-refractivity contribution in [1.82, 2.24) is 9.97 Å². The maximum atomic E-state index is 5.58. The molecule has 4 nitrogen and oxygen atoms in total. The third-order valence-corrected chi connectivity index (χ3v) is 4.30. The lowest BCUT2D eigenvalue weighted by Crippen LogP contribution is -2.26. The highest BCUT2D eigenvalue weighted by Crippen LogP contribution is 2.33. The Morgan fingerprint density at radius 3 is 2.72 bits per heavy atom. The summed E-state index contributed by atoms with van der Waals surface area (Å²) in [6.07, 6.45) is 0.836. The predicted molar refractivity (Wildman–Crippen MR) is 76.4 cm³/mol. The van der Waals surface area contributed by atoms with Gasteiger partial charge in [-0.3, -0.25) is 0 Å². The molecule has 2 aromatic heterocycles. The quantitative estimate of drug-likeness (QED) is 0.921. The fraction of sp³-hybridized carbons (Fsp3) is 0.538. The average Bonchev–Trinajstić information content (AvgIpc) is 2.76. The number of ether oxygens (including phenoxy) is 1. The molecular formula is C13H19N3OS. The third-order valence-electron chi connectivity index (χ3n) is 3.35. The van der Waals surface area contributed by atoms with Crippen LogP contribution in [0.3, 0.4) is 0 Å². The molecule has 0 saturated carbocycles. The second-order valence-electron chi connectivity index (χ2n) is 4.51. The van der Waals surface area contributed by atoms with Crippen molar-refractivity contribution in [3.05, 3.63) is 16.8 Å². The van der Waals surface area contributed by atoms with E-state index in [1.807, 2.05) is 14.0 Å². The van der Waals surface area contributed by atoms with E-state index in [0.717, 1.165) is 28.3 Å². The van der Waals surface area contributed by atoms with Gasteiger partial charge >= 0.3 is 0 Å². The minimum atomic E-state index is -0.433. The Kier molecular flexibility index (Phi) is 3.54. The molecule has 0 bridgehead atoms. The normalized spacial score (nSPS) is 14.7. The molecule has 1 atom stereocenters. The Morgan fingerprint density at radius 2 is 2.17 bits per heavy atom. The zero-order chi connectivity index (χ0) is 13.3. The molecule has 1 N–H and O–H groups in total. The minimum absolute atomic E-state index is 0.433. The predicted octanol–water partition coefficient (Wildman–Crippen LogP) is 3.31. The van der Waals surface area contributed by atoms with E-state index >= 15 is 0 Å². The number of hydrogen-bond donors (Lipinski definition) is 1. The molecule has 5 heteroatoms. The zero-order valence-corrected chi connectivity index (χ0v) is 12.3. The molecule has 0 aromatic carbocycles. The van der Waals surface area contributed by atoms with Crippen LogP contribution in [0.25, 0.3) is 10.2 Å². The highest BCUT2D eigenvalue weighted by Gasteiger charge is 2.28. The van der Waals surface area contributed by atoms with Gasteiger partial charge in [-0.05, 0) is 26.3 Å². The molecule has 1 unspecified atom stereocenters. The lowest BCUT2D eigenvalue weighted by atomic mass is 10.0. The number of aromatic nitrogens is 2. The van der Waals surface area contributed by atoms with Crippen LogP contribution in [0.1, 0.15) is 31.0 Å². The van der Waals surface area contributed by atoms with Crippen molar-refractivity contribution < 1.29 is 4.74 Å². The highest BCUT2D eigenvalue weighted by molar-refractivity contribution is 7.18. The number of methoxy groups -OCH3 is 1. The van der Waals surface area contributed by atoms with Gasteiger partial charge in [0.1, 0.15) is 16.2 Å². The molecule has 2 rings (SSSR count). The van der Waals surface area contributed by atoms with Crippen molar-refractivity contribution in [2.24, 2.45) is 0 Å². The van der Waals surface area contributed by atoms with Crippen molar-refractivity contribution in [3.63, 3.8) is 0 Å². The van der Waals surface area contributed by atoms with Crippen LogP contribution >= 0.6 is 11.3 Å². The highest BCUT2D eigenvalue weighted by atomic mass is 32.1. The Balaban J connectivity index is 2.66. The van der Waals surface area contributed by atoms with Crippen LogP contribution in [-0.4, -0.2) is 24.1 Å². The molecule has 0 spiro atoms. The first kappa shape index (κ1) is 13.2. The summed E-state index contributed by atoms with van der Waals surface area (Å²) < 4.78 is 5.58. The Hall–Kier alpha value is -1.20. The first-order valence-electron chi connectivity index (χ1n) is 6.05. The van der Waals surface area contributed by atoms with E-state index in [1.54, 1.807) is 18.4 Å². The summed E-state index contributed by atoms with van der Waals surface area (Å²) in [5, 5.41) is 4.23. The molecule has 2 aromatic rings. The molecule has 0 aliphatic rings. The second kappa shape index (κ2) is 4.82. The summed E-state index contributed by atoms with van der Waals surface area (Å²) in [4.78, 5) is 11.5. The maximum Gasteiger partial charge on any atom is 0.163 e. The zero-order valence-electron chi connectivity index (χ0n) is 11.5. The minimum Gasteiger partial charge on any atom is -0.372 e. The smallest absolute Gasteiger partial charge is 0.163 e. The summed E-state index contributed by atoms with van der Waals surface area (Å²) in [5.41, 5.74) is -0.433. The molecule has 0 aliphatic carbocycles. The lowest BCUT2D eigenvalue weighted by molar-refractivity contribution is -0.00854. The van der Waals surface area contributed by atoms with Gasteiger partial charge in [0, 0.05) is 19.0 Å². The van der Waals surface area contributed by atoms with Gasteiger partial charge in [0.05, 0.1) is 5.39 Å². The van der Waals surface area contributed by atoms with Crippen LogP contribution in [-0.2, 0) is 10.3 Å². The lowest BCUT2D eigenvalue weighted by Gasteiger charge is -2.25. The molecule has 0 fully saturated rings. The van der Waals surface area contributed by atoms with Gasteiger partial charge < -0.3 is 10.1 Å². The van der Waals surface area contributed by atoms with Gasteiger partial charge in [0.2, 0.25) is 0 Å². The SMILES string of the molecule is CCC(C)(OC)c1nc(NC)c2cc(C)sc2n1. The van der Waals surface area contributed by atoms with Gasteiger partial charge in [-0.25, -0.2) is 9.97 Å². The fourth-order valence-electron chi connectivity index (χ4n) is 1.86. The number of aryl methyl sites for hydroxylation is 1. The van der Waals surface area contributed by atoms with Crippen LogP contribution in [0, 0.1) is 6.92 Å². The monoisotopic (exact) mass is 265 g/mol.